The van der Waals surface area contributed by atoms with Crippen molar-refractivity contribution in [2.24, 2.45) is 0 Å². The van der Waals surface area contributed by atoms with Gasteiger partial charge in [0.05, 0.1) is 12.7 Å². The van der Waals surface area contributed by atoms with Crippen molar-refractivity contribution < 1.29 is 13.9 Å². The number of hydrogen-bond acceptors (Lipinski definition) is 7. The number of rotatable bonds is 3. The van der Waals surface area contributed by atoms with Gasteiger partial charge in [-0.15, -0.1) is 11.3 Å². The van der Waals surface area contributed by atoms with Gasteiger partial charge < -0.3 is 15.4 Å². The zero-order chi connectivity index (χ0) is 21.3. The fourth-order valence-corrected chi connectivity index (χ4v) is 3.99. The lowest BCUT2D eigenvalue weighted by Crippen LogP contribution is -2.46. The third-order valence-corrected chi connectivity index (χ3v) is 5.61. The smallest absolute Gasteiger partial charge is 0.261 e. The molecule has 4 N–H and O–H groups in total. The highest BCUT2D eigenvalue weighted by Gasteiger charge is 2.25. The summed E-state index contributed by atoms with van der Waals surface area (Å²) >= 11 is 1.28. The molecule has 0 atom stereocenters. The van der Waals surface area contributed by atoms with Crippen LogP contribution in [0, 0.1) is 11.2 Å². The summed E-state index contributed by atoms with van der Waals surface area (Å²) in [6.07, 6.45) is 2.17. The molecule has 0 spiro atoms. The van der Waals surface area contributed by atoms with Crippen molar-refractivity contribution in [2.45, 2.75) is 13.0 Å². The van der Waals surface area contributed by atoms with Crippen LogP contribution >= 0.6 is 11.3 Å². The molecule has 10 heteroatoms. The number of hydrogen-bond donors (Lipinski definition) is 3. The number of pyridine rings is 1. The number of nitrogens with zero attached hydrogens (tertiary/aromatic N) is 3. The van der Waals surface area contributed by atoms with Gasteiger partial charge in [0.1, 0.15) is 22.4 Å². The van der Waals surface area contributed by atoms with Crippen LogP contribution in [-0.4, -0.2) is 40.4 Å². The van der Waals surface area contributed by atoms with Gasteiger partial charge in [0.2, 0.25) is 0 Å². The number of aromatic nitrogens is 2. The van der Waals surface area contributed by atoms with Gasteiger partial charge in [-0.3, -0.25) is 15.5 Å². The second kappa shape index (κ2) is 8.07. The fourth-order valence-electron chi connectivity index (χ4n) is 3.33. The van der Waals surface area contributed by atoms with Crippen LogP contribution in [0.4, 0.5) is 10.2 Å². The van der Waals surface area contributed by atoms with Crippen LogP contribution in [0.3, 0.4) is 0 Å². The number of ether oxygens (including phenoxy) is 1. The molecule has 1 aliphatic heterocycles. The average molecular weight is 426 g/mol. The van der Waals surface area contributed by atoms with E-state index in [2.05, 4.69) is 15.3 Å². The van der Waals surface area contributed by atoms with E-state index in [9.17, 15) is 9.18 Å². The highest BCUT2D eigenvalue weighted by molar-refractivity contribution is 7.13. The van der Waals surface area contributed by atoms with E-state index in [0.717, 1.165) is 17.3 Å². The second-order valence-corrected chi connectivity index (χ2v) is 7.58. The molecule has 3 aromatic rings. The minimum absolute atomic E-state index is 0.109. The van der Waals surface area contributed by atoms with Crippen molar-refractivity contribution >= 4 is 29.0 Å². The second-order valence-electron chi connectivity index (χ2n) is 6.69. The Morgan fingerprint density at radius 3 is 2.97 bits per heavy atom. The predicted molar refractivity (Wildman–Crippen MR) is 112 cm³/mol. The molecule has 1 aliphatic rings. The van der Waals surface area contributed by atoms with Gasteiger partial charge in [-0.25, -0.2) is 14.4 Å². The van der Waals surface area contributed by atoms with Crippen LogP contribution in [0.15, 0.2) is 35.8 Å². The van der Waals surface area contributed by atoms with E-state index in [1.807, 2.05) is 6.07 Å². The van der Waals surface area contributed by atoms with Gasteiger partial charge in [0.25, 0.3) is 5.91 Å². The van der Waals surface area contributed by atoms with Crippen molar-refractivity contribution in [2.75, 3.05) is 19.4 Å². The van der Waals surface area contributed by atoms with Crippen molar-refractivity contribution in [1.29, 1.82) is 5.41 Å². The Morgan fingerprint density at radius 2 is 2.23 bits per heavy atom. The number of fused-ring (bicyclic) bond motifs is 1. The maximum absolute atomic E-state index is 14.8. The maximum Gasteiger partial charge on any atom is 0.261 e. The molecule has 0 radical (unpaired) electrons. The van der Waals surface area contributed by atoms with E-state index in [-0.39, 0.29) is 17.3 Å². The van der Waals surface area contributed by atoms with Crippen molar-refractivity contribution in [3.63, 3.8) is 0 Å². The number of anilines is 1. The van der Waals surface area contributed by atoms with Crippen molar-refractivity contribution in [3.05, 3.63) is 58.5 Å². The summed E-state index contributed by atoms with van der Waals surface area (Å²) in [5.74, 6) is -0.832. The summed E-state index contributed by atoms with van der Waals surface area (Å²) in [6, 6.07) is 6.27. The quantitative estimate of drug-likeness (QED) is 0.438. The SMILES string of the molecule is COc1cc(F)c(C(=O)NC(=N)N2CCc3nc(N)ccc3C2)c(-c2nccs2)c1. The summed E-state index contributed by atoms with van der Waals surface area (Å²) < 4.78 is 19.9. The number of benzene rings is 1. The minimum atomic E-state index is -0.742. The van der Waals surface area contributed by atoms with Crippen LogP contribution in [0.2, 0.25) is 0 Å². The number of halogens is 1. The van der Waals surface area contributed by atoms with Gasteiger partial charge in [-0.05, 0) is 17.7 Å². The van der Waals surface area contributed by atoms with Gasteiger partial charge in [0, 0.05) is 48.4 Å². The van der Waals surface area contributed by atoms with Gasteiger partial charge in [0.15, 0.2) is 5.96 Å². The summed E-state index contributed by atoms with van der Waals surface area (Å²) in [6.45, 7) is 0.902. The third kappa shape index (κ3) is 3.81. The Labute approximate surface area is 176 Å². The highest BCUT2D eigenvalue weighted by atomic mass is 32.1. The maximum atomic E-state index is 14.8. The summed E-state index contributed by atoms with van der Waals surface area (Å²) in [7, 11) is 1.42. The molecule has 0 saturated heterocycles. The number of carbonyl (C=O) groups is 1. The first-order valence-corrected chi connectivity index (χ1v) is 10.0. The lowest BCUT2D eigenvalue weighted by Gasteiger charge is -2.30. The van der Waals surface area contributed by atoms with Crippen LogP contribution in [0.5, 0.6) is 5.75 Å². The van der Waals surface area contributed by atoms with Gasteiger partial charge >= 0.3 is 0 Å². The van der Waals surface area contributed by atoms with Crippen LogP contribution in [0.1, 0.15) is 21.6 Å². The number of guanidine groups is 1. The summed E-state index contributed by atoms with van der Waals surface area (Å²) in [5, 5.41) is 13.1. The zero-order valence-corrected chi connectivity index (χ0v) is 16.9. The van der Waals surface area contributed by atoms with Gasteiger partial charge in [-0.1, -0.05) is 6.07 Å². The number of amides is 1. The molecule has 2 aromatic heterocycles. The molecule has 1 aromatic carbocycles. The van der Waals surface area contributed by atoms with E-state index in [4.69, 9.17) is 15.9 Å². The number of methoxy groups -OCH3 is 1. The molecule has 3 heterocycles. The Bertz CT molecular complexity index is 1120. The molecule has 0 bridgehead atoms. The van der Waals surface area contributed by atoms with E-state index >= 15 is 0 Å². The van der Waals surface area contributed by atoms with E-state index in [1.165, 1.54) is 18.4 Å². The van der Waals surface area contributed by atoms with E-state index in [0.29, 0.717) is 35.9 Å². The first kappa shape index (κ1) is 19.8. The number of nitrogens with one attached hydrogen (secondary N) is 2. The van der Waals surface area contributed by atoms with E-state index in [1.54, 1.807) is 28.6 Å². The average Bonchev–Trinajstić information content (AvgIpc) is 3.27. The predicted octanol–water partition coefficient (Wildman–Crippen LogP) is 2.66. The lowest BCUT2D eigenvalue weighted by molar-refractivity contribution is 0.0967. The normalized spacial score (nSPS) is 12.9. The number of nitrogen functional groups attached to an aromatic ring is 1. The molecule has 0 fully saturated rings. The van der Waals surface area contributed by atoms with E-state index < -0.39 is 11.7 Å². The lowest BCUT2D eigenvalue weighted by atomic mass is 10.1. The molecular weight excluding hydrogens is 407 g/mol. The Balaban J connectivity index is 1.57. The summed E-state index contributed by atoms with van der Waals surface area (Å²) in [5.41, 5.74) is 7.69. The Hall–Kier alpha value is -3.53. The van der Waals surface area contributed by atoms with Crippen molar-refractivity contribution in [1.82, 2.24) is 20.2 Å². The van der Waals surface area contributed by atoms with Gasteiger partial charge in [-0.2, -0.15) is 0 Å². The standard InChI is InChI=1S/C20H19FN6O2S/c1-29-12-8-13(19-24-5-7-30-19)17(14(21)9-12)18(28)26-20(23)27-6-4-15-11(10-27)2-3-16(22)25-15/h2-3,5,7-9H,4,6,10H2,1H3,(H2,22,25)(H2,23,26,28). The largest absolute Gasteiger partial charge is 0.497 e. The number of carbonyl (C=O) groups excluding carboxylic acids is 1. The summed E-state index contributed by atoms with van der Waals surface area (Å²) in [4.78, 5) is 23.1. The highest BCUT2D eigenvalue weighted by Crippen LogP contribution is 2.32. The fraction of sp³-hybridized carbons (Fsp3) is 0.200. The molecule has 4 rings (SSSR count). The number of nitrogens with two attached hydrogens (primary N) is 1. The minimum Gasteiger partial charge on any atom is -0.497 e. The molecule has 0 aliphatic carbocycles. The monoisotopic (exact) mass is 426 g/mol. The molecule has 0 saturated carbocycles. The van der Waals surface area contributed by atoms with Crippen LogP contribution < -0.4 is 15.8 Å². The topological polar surface area (TPSA) is 117 Å². The molecule has 8 nitrogen and oxygen atoms in total. The van der Waals surface area contributed by atoms with Crippen molar-refractivity contribution in [3.8, 4) is 16.3 Å². The first-order valence-electron chi connectivity index (χ1n) is 9.12. The molecule has 30 heavy (non-hydrogen) atoms. The number of thiazole rings is 1. The molecule has 154 valence electrons. The Morgan fingerprint density at radius 1 is 1.40 bits per heavy atom. The molecule has 0 unspecified atom stereocenters. The zero-order valence-electron chi connectivity index (χ0n) is 16.1. The van der Waals surface area contributed by atoms with Crippen LogP contribution in [0.25, 0.3) is 10.6 Å². The molecular formula is C20H19FN6O2S. The van der Waals surface area contributed by atoms with Crippen LogP contribution in [-0.2, 0) is 13.0 Å². The Kier molecular flexibility index (Phi) is 5.32. The molecule has 1 amide bonds. The first-order chi connectivity index (χ1) is 14.5. The third-order valence-electron chi connectivity index (χ3n) is 4.81.